The maximum Gasteiger partial charge on any atom is 0.261 e. The molecule has 0 bridgehead atoms. The second kappa shape index (κ2) is 8.06. The highest BCUT2D eigenvalue weighted by molar-refractivity contribution is 7.17. The Morgan fingerprint density at radius 1 is 1.15 bits per heavy atom. The first-order chi connectivity index (χ1) is 13.2. The lowest BCUT2D eigenvalue weighted by Gasteiger charge is -2.25. The van der Waals surface area contributed by atoms with E-state index in [0.717, 1.165) is 29.3 Å². The Balaban J connectivity index is 1.43. The molecule has 4 nitrogen and oxygen atoms in total. The molecular weight excluding hydrogens is 363 g/mol. The molecule has 1 fully saturated rings. The standard InChI is InChI=1S/C21H21FN2O2S/c22-16-7-5-15(6-8-16)19-9-10-20(27-19)21(25)23-14-17(18-4-3-13-26-18)24-11-1-2-12-24/h3-10,13,17H,1-2,11-12,14H2,(H,23,25). The minimum atomic E-state index is -0.265. The summed E-state index contributed by atoms with van der Waals surface area (Å²) in [5.74, 6) is 0.527. The van der Waals surface area contributed by atoms with Gasteiger partial charge in [0.2, 0.25) is 0 Å². The fourth-order valence-electron chi connectivity index (χ4n) is 3.45. The smallest absolute Gasteiger partial charge is 0.261 e. The molecule has 0 aliphatic carbocycles. The number of benzene rings is 1. The molecule has 2 aromatic heterocycles. The van der Waals surface area contributed by atoms with Crippen LogP contribution in [0.5, 0.6) is 0 Å². The average molecular weight is 384 g/mol. The lowest BCUT2D eigenvalue weighted by Crippen LogP contribution is -2.36. The first-order valence-corrected chi connectivity index (χ1v) is 9.94. The van der Waals surface area contributed by atoms with Gasteiger partial charge in [0.25, 0.3) is 5.91 Å². The lowest BCUT2D eigenvalue weighted by atomic mass is 10.2. The van der Waals surface area contributed by atoms with Crippen LogP contribution in [-0.4, -0.2) is 30.4 Å². The maximum absolute atomic E-state index is 13.1. The van der Waals surface area contributed by atoms with Crippen molar-refractivity contribution in [3.63, 3.8) is 0 Å². The Morgan fingerprint density at radius 3 is 2.63 bits per heavy atom. The Hall–Kier alpha value is -2.44. The quantitative estimate of drug-likeness (QED) is 0.669. The molecule has 4 rings (SSSR count). The van der Waals surface area contributed by atoms with Crippen LogP contribution in [0.15, 0.2) is 59.2 Å². The average Bonchev–Trinajstić information content (AvgIpc) is 3.44. The minimum absolute atomic E-state index is 0.0583. The van der Waals surface area contributed by atoms with Crippen LogP contribution in [0.1, 0.15) is 34.3 Å². The molecule has 0 radical (unpaired) electrons. The molecule has 1 aliphatic heterocycles. The van der Waals surface area contributed by atoms with Crippen molar-refractivity contribution in [1.82, 2.24) is 10.2 Å². The molecule has 1 aromatic carbocycles. The van der Waals surface area contributed by atoms with Gasteiger partial charge in [-0.1, -0.05) is 12.1 Å². The van der Waals surface area contributed by atoms with E-state index in [4.69, 9.17) is 4.42 Å². The summed E-state index contributed by atoms with van der Waals surface area (Å²) in [6.45, 7) is 2.56. The number of likely N-dealkylation sites (tertiary alicyclic amines) is 1. The molecule has 1 N–H and O–H groups in total. The summed E-state index contributed by atoms with van der Waals surface area (Å²) in [5, 5.41) is 3.05. The number of amides is 1. The van der Waals surface area contributed by atoms with Crippen LogP contribution >= 0.6 is 11.3 Å². The summed E-state index contributed by atoms with van der Waals surface area (Å²) < 4.78 is 18.7. The first-order valence-electron chi connectivity index (χ1n) is 9.12. The van der Waals surface area contributed by atoms with E-state index in [9.17, 15) is 9.18 Å². The van der Waals surface area contributed by atoms with Crippen LogP contribution in [-0.2, 0) is 0 Å². The zero-order valence-electron chi connectivity index (χ0n) is 14.9. The molecule has 6 heteroatoms. The van der Waals surface area contributed by atoms with Gasteiger partial charge in [0.15, 0.2) is 0 Å². The molecule has 1 atom stereocenters. The summed E-state index contributed by atoms with van der Waals surface area (Å²) in [7, 11) is 0. The zero-order chi connectivity index (χ0) is 18.6. The fourth-order valence-corrected chi connectivity index (χ4v) is 4.38. The Bertz CT molecular complexity index is 883. The third-order valence-electron chi connectivity index (χ3n) is 4.87. The largest absolute Gasteiger partial charge is 0.468 e. The van der Waals surface area contributed by atoms with Gasteiger partial charge >= 0.3 is 0 Å². The summed E-state index contributed by atoms with van der Waals surface area (Å²) in [4.78, 5) is 16.6. The Kier molecular flexibility index (Phi) is 5.36. The molecule has 1 saturated heterocycles. The van der Waals surface area contributed by atoms with Gasteiger partial charge in [-0.25, -0.2) is 4.39 Å². The molecule has 0 saturated carbocycles. The molecule has 1 amide bonds. The summed E-state index contributed by atoms with van der Waals surface area (Å²) in [6.07, 6.45) is 4.03. The highest BCUT2D eigenvalue weighted by atomic mass is 32.1. The van der Waals surface area contributed by atoms with Gasteiger partial charge in [0.1, 0.15) is 11.6 Å². The van der Waals surface area contributed by atoms with Crippen molar-refractivity contribution in [3.8, 4) is 10.4 Å². The number of carbonyl (C=O) groups excluding carboxylic acids is 1. The van der Waals surface area contributed by atoms with Crippen molar-refractivity contribution in [1.29, 1.82) is 0 Å². The van der Waals surface area contributed by atoms with E-state index in [-0.39, 0.29) is 17.8 Å². The van der Waals surface area contributed by atoms with Gasteiger partial charge < -0.3 is 9.73 Å². The molecule has 140 valence electrons. The number of hydrogen-bond donors (Lipinski definition) is 1. The van der Waals surface area contributed by atoms with Gasteiger partial charge in [-0.15, -0.1) is 11.3 Å². The Morgan fingerprint density at radius 2 is 1.93 bits per heavy atom. The number of rotatable bonds is 6. The van der Waals surface area contributed by atoms with E-state index in [1.807, 2.05) is 24.3 Å². The minimum Gasteiger partial charge on any atom is -0.468 e. The monoisotopic (exact) mass is 384 g/mol. The predicted octanol–water partition coefficient (Wildman–Crippen LogP) is 4.71. The van der Waals surface area contributed by atoms with E-state index in [1.54, 1.807) is 18.4 Å². The molecular formula is C21H21FN2O2S. The lowest BCUT2D eigenvalue weighted by molar-refractivity contribution is 0.0938. The van der Waals surface area contributed by atoms with Gasteiger partial charge in [-0.3, -0.25) is 9.69 Å². The van der Waals surface area contributed by atoms with Crippen molar-refractivity contribution in [3.05, 3.63) is 71.2 Å². The normalized spacial score (nSPS) is 15.7. The van der Waals surface area contributed by atoms with Gasteiger partial charge in [0.05, 0.1) is 17.2 Å². The van der Waals surface area contributed by atoms with Crippen LogP contribution in [0.2, 0.25) is 0 Å². The Labute approximate surface area is 161 Å². The molecule has 1 aliphatic rings. The molecule has 3 aromatic rings. The number of halogens is 1. The highest BCUT2D eigenvalue weighted by Gasteiger charge is 2.26. The van der Waals surface area contributed by atoms with Crippen LogP contribution in [0.4, 0.5) is 4.39 Å². The highest BCUT2D eigenvalue weighted by Crippen LogP contribution is 2.29. The topological polar surface area (TPSA) is 45.5 Å². The van der Waals surface area contributed by atoms with Crippen molar-refractivity contribution in [2.75, 3.05) is 19.6 Å². The van der Waals surface area contributed by atoms with Crippen molar-refractivity contribution in [2.24, 2.45) is 0 Å². The number of nitrogens with zero attached hydrogens (tertiary/aromatic N) is 1. The number of hydrogen-bond acceptors (Lipinski definition) is 4. The maximum atomic E-state index is 13.1. The summed E-state index contributed by atoms with van der Waals surface area (Å²) in [6, 6.07) is 13.9. The number of thiophene rings is 1. The SMILES string of the molecule is O=C(NCC(c1ccco1)N1CCCC1)c1ccc(-c2ccc(F)cc2)s1. The first kappa shape index (κ1) is 17.9. The van der Waals surface area contributed by atoms with E-state index < -0.39 is 0 Å². The van der Waals surface area contributed by atoms with Crippen molar-refractivity contribution >= 4 is 17.2 Å². The number of furan rings is 1. The van der Waals surface area contributed by atoms with Gasteiger partial charge in [0, 0.05) is 11.4 Å². The second-order valence-corrected chi connectivity index (χ2v) is 7.74. The third kappa shape index (κ3) is 4.12. The van der Waals surface area contributed by atoms with Gasteiger partial charge in [-0.2, -0.15) is 0 Å². The van der Waals surface area contributed by atoms with Crippen molar-refractivity contribution in [2.45, 2.75) is 18.9 Å². The second-order valence-electron chi connectivity index (χ2n) is 6.66. The van der Waals surface area contributed by atoms with E-state index in [2.05, 4.69) is 10.2 Å². The molecule has 3 heterocycles. The number of nitrogens with one attached hydrogen (secondary N) is 1. The molecule has 0 spiro atoms. The van der Waals surface area contributed by atoms with Gasteiger partial charge in [-0.05, 0) is 67.9 Å². The van der Waals surface area contributed by atoms with E-state index in [1.165, 1.54) is 36.3 Å². The van der Waals surface area contributed by atoms with Crippen molar-refractivity contribution < 1.29 is 13.6 Å². The van der Waals surface area contributed by atoms with Crippen LogP contribution in [0, 0.1) is 5.82 Å². The fraction of sp³-hybridized carbons (Fsp3) is 0.286. The van der Waals surface area contributed by atoms with Crippen LogP contribution < -0.4 is 5.32 Å². The summed E-state index contributed by atoms with van der Waals surface area (Å²) in [5.41, 5.74) is 0.908. The molecule has 1 unspecified atom stereocenters. The van der Waals surface area contributed by atoms with Crippen LogP contribution in [0.3, 0.4) is 0 Å². The predicted molar refractivity (Wildman–Crippen MR) is 104 cm³/mol. The zero-order valence-corrected chi connectivity index (χ0v) is 15.7. The molecule has 27 heavy (non-hydrogen) atoms. The third-order valence-corrected chi connectivity index (χ3v) is 6.00. The summed E-state index contributed by atoms with van der Waals surface area (Å²) >= 11 is 1.41. The van der Waals surface area contributed by atoms with Crippen LogP contribution in [0.25, 0.3) is 10.4 Å². The number of carbonyl (C=O) groups is 1. The van der Waals surface area contributed by atoms with E-state index in [0.29, 0.717) is 11.4 Å². The van der Waals surface area contributed by atoms with E-state index >= 15 is 0 Å².